The van der Waals surface area contributed by atoms with Gasteiger partial charge in [0.1, 0.15) is 126 Å². The summed E-state index contributed by atoms with van der Waals surface area (Å²) in [6.07, 6.45) is 50.2. The molecule has 0 unspecified atom stereocenters. The molecule has 0 saturated carbocycles. The summed E-state index contributed by atoms with van der Waals surface area (Å²) in [5.41, 5.74) is 15.8. The molecule has 12 aromatic rings. The van der Waals surface area contributed by atoms with Crippen LogP contribution in [0.1, 0.15) is 150 Å². The number of aromatic nitrogens is 12. The number of halogens is 6. The molecule has 768 valence electrons. The smallest absolute Gasteiger partial charge is 0.169 e. The highest BCUT2D eigenvalue weighted by Gasteiger charge is 2.01. The van der Waals surface area contributed by atoms with Crippen LogP contribution < -0.4 is 114 Å². The second-order valence-electron chi connectivity index (χ2n) is 29.1. The van der Waals surface area contributed by atoms with E-state index in [1.54, 1.807) is 0 Å². The standard InChI is InChI=1S/12C8H12N.6FH2O3P/c12*1-3-9-6-4-8(2)5-7-9;6*1-5(2,3)4/h12*4-7H,3H2,1-2H3;6*(H2,2,3,4)/q12*+1;;;;;;/p-12. The van der Waals surface area contributed by atoms with Gasteiger partial charge in [-0.3, -0.25) is 0 Å². The molecule has 0 spiro atoms. The Kier molecular flexibility index (Phi) is 81.6. The lowest BCUT2D eigenvalue weighted by atomic mass is 10.3. The average molecular weight is 2050 g/mol. The molecule has 42 heteroatoms. The second kappa shape index (κ2) is 81.0. The molecule has 0 radical (unpaired) electrons. The molecular formula is C96H144F6N12O18P6. The molecule has 30 nitrogen and oxygen atoms in total. The first-order valence-corrected chi connectivity index (χ1v) is 52.3. The van der Waals surface area contributed by atoms with E-state index in [0.717, 1.165) is 78.5 Å². The Morgan fingerprint density at radius 3 is 0.210 bits per heavy atom. The Morgan fingerprint density at radius 1 is 0.145 bits per heavy atom. The minimum absolute atomic E-state index is 1.06. The van der Waals surface area contributed by atoms with E-state index < -0.39 is 47.4 Å². The molecular weight excluding hydrogens is 1910 g/mol. The van der Waals surface area contributed by atoms with Gasteiger partial charge in [-0.2, -0.15) is 0 Å². The van der Waals surface area contributed by atoms with Crippen LogP contribution in [0, 0.1) is 83.1 Å². The molecule has 0 aliphatic carbocycles. The Morgan fingerprint density at radius 2 is 0.181 bits per heavy atom. The van der Waals surface area contributed by atoms with E-state index >= 15 is 0 Å². The monoisotopic (exact) mass is 2050 g/mol. The Hall–Kier alpha value is -9.72. The Labute approximate surface area is 814 Å². The van der Waals surface area contributed by atoms with Crippen molar-refractivity contribution in [3.05, 3.63) is 361 Å². The van der Waals surface area contributed by atoms with Crippen molar-refractivity contribution in [3.63, 3.8) is 0 Å². The highest BCUT2D eigenvalue weighted by atomic mass is 31.2. The zero-order chi connectivity index (χ0) is 107. The van der Waals surface area contributed by atoms with Gasteiger partial charge in [0.25, 0.3) is 0 Å². The minimum atomic E-state index is -5.64. The quantitative estimate of drug-likeness (QED) is 0.0629. The molecule has 0 amide bonds. The fraction of sp³-hybridized carbons (Fsp3) is 0.375. The summed E-state index contributed by atoms with van der Waals surface area (Å²) < 4.78 is 137. The topological polar surface area (TPSA) is 426 Å². The van der Waals surface area contributed by atoms with E-state index in [-0.39, 0.29) is 0 Å². The van der Waals surface area contributed by atoms with Crippen LogP contribution in [0.4, 0.5) is 25.2 Å². The molecule has 0 N–H and O–H groups in total. The van der Waals surface area contributed by atoms with Crippen LogP contribution in [-0.4, -0.2) is 0 Å². The molecule has 12 aromatic heterocycles. The van der Waals surface area contributed by atoms with Crippen LogP contribution in [-0.2, 0) is 106 Å². The lowest BCUT2D eigenvalue weighted by Gasteiger charge is -2.15. The predicted molar refractivity (Wildman–Crippen MR) is 497 cm³/mol. The number of rotatable bonds is 12. The van der Waals surface area contributed by atoms with Crippen molar-refractivity contribution < 1.29 is 166 Å². The maximum Gasteiger partial charge on any atom is 0.169 e. The molecule has 12 heterocycles. The van der Waals surface area contributed by atoms with E-state index in [0.29, 0.717) is 0 Å². The molecule has 0 bridgehead atoms. The van der Waals surface area contributed by atoms with Crippen molar-refractivity contribution >= 4 is 47.4 Å². The molecule has 138 heavy (non-hydrogen) atoms. The van der Waals surface area contributed by atoms with E-state index in [1.807, 2.05) is 0 Å². The van der Waals surface area contributed by atoms with Crippen molar-refractivity contribution in [3.8, 4) is 0 Å². The van der Waals surface area contributed by atoms with Crippen molar-refractivity contribution in [2.45, 2.75) is 245 Å². The highest BCUT2D eigenvalue weighted by molar-refractivity contribution is 7.43. The summed E-state index contributed by atoms with van der Waals surface area (Å²) in [5.74, 6) is 0. The summed E-state index contributed by atoms with van der Waals surface area (Å²) in [6, 6.07) is 50.8. The molecule has 0 aromatic carbocycles. The Balaban J connectivity index is -0.000000336. The van der Waals surface area contributed by atoms with E-state index in [4.69, 9.17) is 86.1 Å². The van der Waals surface area contributed by atoms with Crippen LogP contribution in [0.5, 0.6) is 0 Å². The van der Waals surface area contributed by atoms with Crippen molar-refractivity contribution in [1.29, 1.82) is 0 Å². The van der Waals surface area contributed by atoms with Gasteiger partial charge in [0, 0.05) is 146 Å². The zero-order valence-electron chi connectivity index (χ0n) is 83.9. The first-order chi connectivity index (χ1) is 63.9. The van der Waals surface area contributed by atoms with Gasteiger partial charge in [-0.25, -0.2) is 80.0 Å². The Bertz CT molecular complexity index is 4120. The largest absolute Gasteiger partial charge is 0.786 e. The van der Waals surface area contributed by atoms with Crippen molar-refractivity contribution in [2.75, 3.05) is 0 Å². The summed E-state index contributed by atoms with van der Waals surface area (Å²) in [4.78, 5) is 101. The summed E-state index contributed by atoms with van der Waals surface area (Å²) >= 11 is 0. The van der Waals surface area contributed by atoms with Crippen LogP contribution in [0.3, 0.4) is 0 Å². The molecule has 0 saturated heterocycles. The van der Waals surface area contributed by atoms with Gasteiger partial charge in [-0.15, -0.1) is 0 Å². The van der Waals surface area contributed by atoms with E-state index in [2.05, 4.69) is 515 Å². The van der Waals surface area contributed by atoms with Gasteiger partial charge in [0.05, 0.1) is 0 Å². The molecule has 0 aliphatic rings. The molecule has 12 rings (SSSR count). The third-order valence-electron chi connectivity index (χ3n) is 17.1. The van der Waals surface area contributed by atoms with Gasteiger partial charge >= 0.3 is 0 Å². The normalized spacial score (nSPS) is 10.0. The number of hydrogen-bond donors (Lipinski definition) is 0. The fourth-order valence-electron chi connectivity index (χ4n) is 8.91. The van der Waals surface area contributed by atoms with Gasteiger partial charge in [-0.1, -0.05) is 0 Å². The van der Waals surface area contributed by atoms with Crippen molar-refractivity contribution in [2.24, 2.45) is 0 Å². The van der Waals surface area contributed by atoms with Gasteiger partial charge < -0.3 is 86.1 Å². The van der Waals surface area contributed by atoms with Gasteiger partial charge in [-0.05, 0) is 233 Å². The minimum Gasteiger partial charge on any atom is -0.786 e. The predicted octanol–water partition coefficient (Wildman–Crippen LogP) is 8.34. The first-order valence-electron chi connectivity index (χ1n) is 43.7. The van der Waals surface area contributed by atoms with Crippen LogP contribution in [0.25, 0.3) is 0 Å². The van der Waals surface area contributed by atoms with E-state index in [1.165, 1.54) is 66.8 Å². The van der Waals surface area contributed by atoms with Crippen LogP contribution in [0.15, 0.2) is 294 Å². The SMILES string of the molecule is CC[n+]1ccc(C)cc1.CC[n+]1ccc(C)cc1.CC[n+]1ccc(C)cc1.CC[n+]1ccc(C)cc1.CC[n+]1ccc(C)cc1.CC[n+]1ccc(C)cc1.CC[n+]1ccc(C)cc1.CC[n+]1ccc(C)cc1.CC[n+]1ccc(C)cc1.CC[n+]1ccc(C)cc1.CC[n+]1ccc(C)cc1.CC[n+]1ccc(C)cc1.O=P([O-])([O-])F.O=P([O-])([O-])F.O=P([O-])([O-])F.O=P([O-])([O-])F.O=P([O-])([O-])F.O=P([O-])([O-])F. The van der Waals surface area contributed by atoms with Crippen molar-refractivity contribution in [1.82, 2.24) is 0 Å². The highest BCUT2D eigenvalue weighted by Crippen LogP contribution is 2.25. The second-order valence-corrected chi connectivity index (χ2v) is 34.2. The zero-order valence-corrected chi connectivity index (χ0v) is 89.2. The number of nitrogens with zero attached hydrogens (tertiary/aromatic N) is 12. The first kappa shape index (κ1) is 139. The van der Waals surface area contributed by atoms with Crippen LogP contribution >= 0.6 is 47.4 Å². The third kappa shape index (κ3) is 110. The number of pyridine rings is 12. The average Bonchev–Trinajstić information content (AvgIpc) is 0.999. The molecule has 0 atom stereocenters. The number of aryl methyl sites for hydroxylation is 24. The summed E-state index contributed by atoms with van der Waals surface area (Å²) in [6.45, 7) is 63.4. The van der Waals surface area contributed by atoms with Gasteiger partial charge in [0.2, 0.25) is 0 Å². The lowest BCUT2D eigenvalue weighted by molar-refractivity contribution is -0.693. The van der Waals surface area contributed by atoms with Gasteiger partial charge in [0.15, 0.2) is 149 Å². The lowest BCUT2D eigenvalue weighted by Crippen LogP contribution is -2.30. The maximum atomic E-state index is 10.1. The third-order valence-corrected chi connectivity index (χ3v) is 17.1. The maximum absolute atomic E-state index is 10.1. The summed E-state index contributed by atoms with van der Waals surface area (Å²) in [5, 5.41) is 0. The van der Waals surface area contributed by atoms with Crippen LogP contribution in [0.2, 0.25) is 0 Å². The van der Waals surface area contributed by atoms with E-state index in [9.17, 15) is 25.2 Å². The summed E-state index contributed by atoms with van der Waals surface area (Å²) in [7, 11) is -33.8. The molecule has 0 aliphatic heterocycles. The molecule has 0 fully saturated rings. The number of hydrogen-bond acceptors (Lipinski definition) is 18. The fourth-order valence-corrected chi connectivity index (χ4v) is 8.91.